The maximum absolute atomic E-state index is 12.3. The molecule has 1 aromatic rings. The van der Waals surface area contributed by atoms with Gasteiger partial charge >= 0.3 is 5.97 Å². The monoisotopic (exact) mass is 276 g/mol. The summed E-state index contributed by atoms with van der Waals surface area (Å²) in [6.45, 7) is 3.51. The van der Waals surface area contributed by atoms with Crippen LogP contribution in [0.2, 0.25) is 0 Å². The summed E-state index contributed by atoms with van der Waals surface area (Å²) in [6.07, 6.45) is 1.36. The fourth-order valence-electron chi connectivity index (χ4n) is 2.46. The Kier molecular flexibility index (Phi) is 4.74. The zero-order valence-corrected chi connectivity index (χ0v) is 11.6. The van der Waals surface area contributed by atoms with Crippen LogP contribution in [0, 0.1) is 0 Å². The van der Waals surface area contributed by atoms with Crippen LogP contribution in [-0.4, -0.2) is 29.6 Å². The average molecular weight is 276 g/mol. The lowest BCUT2D eigenvalue weighted by molar-refractivity contribution is -0.137. The first-order valence-corrected chi connectivity index (χ1v) is 6.92. The van der Waals surface area contributed by atoms with Crippen molar-refractivity contribution in [2.75, 3.05) is 6.54 Å². The van der Waals surface area contributed by atoms with Crippen molar-refractivity contribution in [3.63, 3.8) is 0 Å². The minimum absolute atomic E-state index is 0.0677. The van der Waals surface area contributed by atoms with Crippen molar-refractivity contribution >= 4 is 11.9 Å². The van der Waals surface area contributed by atoms with Crippen LogP contribution < -0.4 is 10.6 Å². The summed E-state index contributed by atoms with van der Waals surface area (Å²) in [6, 6.07) is 5.62. The second-order valence-corrected chi connectivity index (χ2v) is 5.18. The molecule has 0 radical (unpaired) electrons. The maximum Gasteiger partial charge on any atom is 0.303 e. The molecule has 1 atom stereocenters. The minimum Gasteiger partial charge on any atom is -0.481 e. The molecule has 1 aliphatic heterocycles. The molecule has 5 nitrogen and oxygen atoms in total. The van der Waals surface area contributed by atoms with E-state index in [1.54, 1.807) is 0 Å². The van der Waals surface area contributed by atoms with Gasteiger partial charge in [-0.15, -0.1) is 0 Å². The van der Waals surface area contributed by atoms with Crippen LogP contribution in [-0.2, 0) is 17.8 Å². The molecule has 0 aliphatic carbocycles. The summed E-state index contributed by atoms with van der Waals surface area (Å²) < 4.78 is 0. The number of carbonyl (C=O) groups excluding carboxylic acids is 1. The summed E-state index contributed by atoms with van der Waals surface area (Å²) in [4.78, 5) is 22.8. The van der Waals surface area contributed by atoms with Crippen molar-refractivity contribution < 1.29 is 14.7 Å². The number of carbonyl (C=O) groups is 2. The molecule has 108 valence electrons. The molecule has 0 saturated carbocycles. The molecule has 1 unspecified atom stereocenters. The van der Waals surface area contributed by atoms with Crippen molar-refractivity contribution in [2.45, 2.75) is 38.8 Å². The molecular weight excluding hydrogens is 256 g/mol. The van der Waals surface area contributed by atoms with Crippen LogP contribution in [0.3, 0.4) is 0 Å². The lowest BCUT2D eigenvalue weighted by Crippen LogP contribution is -2.35. The second kappa shape index (κ2) is 6.52. The van der Waals surface area contributed by atoms with E-state index in [1.165, 1.54) is 5.56 Å². The first kappa shape index (κ1) is 14.5. The van der Waals surface area contributed by atoms with E-state index in [-0.39, 0.29) is 18.4 Å². The van der Waals surface area contributed by atoms with Crippen LogP contribution in [0.15, 0.2) is 18.2 Å². The van der Waals surface area contributed by atoms with E-state index in [1.807, 2.05) is 25.1 Å². The van der Waals surface area contributed by atoms with Crippen LogP contribution in [0.5, 0.6) is 0 Å². The highest BCUT2D eigenvalue weighted by Gasteiger charge is 2.18. The van der Waals surface area contributed by atoms with Gasteiger partial charge in [-0.3, -0.25) is 9.59 Å². The molecule has 1 amide bonds. The zero-order valence-electron chi connectivity index (χ0n) is 11.6. The SMILES string of the molecule is CC(CCC(=O)O)NC(=O)c1cccc2c1CCNC2. The smallest absolute Gasteiger partial charge is 0.303 e. The van der Waals surface area contributed by atoms with E-state index < -0.39 is 5.97 Å². The number of amides is 1. The van der Waals surface area contributed by atoms with Gasteiger partial charge in [0.15, 0.2) is 0 Å². The molecule has 1 aromatic carbocycles. The van der Waals surface area contributed by atoms with Crippen LogP contribution in [0.25, 0.3) is 0 Å². The Hall–Kier alpha value is -1.88. The summed E-state index contributed by atoms with van der Waals surface area (Å²) in [5, 5.41) is 14.8. The Morgan fingerprint density at radius 2 is 2.25 bits per heavy atom. The van der Waals surface area contributed by atoms with E-state index in [0.29, 0.717) is 12.0 Å². The van der Waals surface area contributed by atoms with E-state index in [2.05, 4.69) is 10.6 Å². The van der Waals surface area contributed by atoms with Crippen LogP contribution >= 0.6 is 0 Å². The quantitative estimate of drug-likeness (QED) is 0.758. The van der Waals surface area contributed by atoms with Gasteiger partial charge < -0.3 is 15.7 Å². The van der Waals surface area contributed by atoms with Gasteiger partial charge in [-0.2, -0.15) is 0 Å². The van der Waals surface area contributed by atoms with Crippen molar-refractivity contribution in [3.05, 3.63) is 34.9 Å². The number of hydrogen-bond donors (Lipinski definition) is 3. The minimum atomic E-state index is -0.839. The van der Waals surface area contributed by atoms with Crippen LogP contribution in [0.1, 0.15) is 41.3 Å². The molecule has 20 heavy (non-hydrogen) atoms. The van der Waals surface area contributed by atoms with Gasteiger partial charge in [0.25, 0.3) is 5.91 Å². The molecule has 2 rings (SSSR count). The van der Waals surface area contributed by atoms with Crippen molar-refractivity contribution in [2.24, 2.45) is 0 Å². The Bertz CT molecular complexity index is 514. The Morgan fingerprint density at radius 3 is 3.00 bits per heavy atom. The molecule has 0 spiro atoms. The topological polar surface area (TPSA) is 78.4 Å². The molecule has 1 aliphatic rings. The highest BCUT2D eigenvalue weighted by atomic mass is 16.4. The summed E-state index contributed by atoms with van der Waals surface area (Å²) >= 11 is 0. The normalized spacial score (nSPS) is 15.2. The third-order valence-corrected chi connectivity index (χ3v) is 3.55. The number of benzene rings is 1. The Labute approximate surface area is 118 Å². The van der Waals surface area contributed by atoms with Crippen LogP contribution in [0.4, 0.5) is 0 Å². The Balaban J connectivity index is 2.04. The predicted octanol–water partition coefficient (Wildman–Crippen LogP) is 1.32. The lowest BCUT2D eigenvalue weighted by atomic mass is 9.95. The standard InChI is InChI=1S/C15H20N2O3/c1-10(5-6-14(18)19)17-15(20)13-4-2-3-11-9-16-8-7-12(11)13/h2-4,10,16H,5-9H2,1H3,(H,17,20)(H,18,19). The third-order valence-electron chi connectivity index (χ3n) is 3.55. The highest BCUT2D eigenvalue weighted by molar-refractivity contribution is 5.96. The highest BCUT2D eigenvalue weighted by Crippen LogP contribution is 2.18. The van der Waals surface area contributed by atoms with Gasteiger partial charge in [0.2, 0.25) is 0 Å². The largest absolute Gasteiger partial charge is 0.481 e. The van der Waals surface area contributed by atoms with Gasteiger partial charge in [-0.1, -0.05) is 12.1 Å². The zero-order chi connectivity index (χ0) is 14.5. The average Bonchev–Trinajstić information content (AvgIpc) is 2.44. The number of aliphatic carboxylic acids is 1. The summed E-state index contributed by atoms with van der Waals surface area (Å²) in [5.41, 5.74) is 2.99. The van der Waals surface area contributed by atoms with Gasteiger partial charge in [0.05, 0.1) is 0 Å². The van der Waals surface area contributed by atoms with E-state index in [4.69, 9.17) is 5.11 Å². The predicted molar refractivity (Wildman–Crippen MR) is 75.7 cm³/mol. The maximum atomic E-state index is 12.3. The van der Waals surface area contributed by atoms with Gasteiger partial charge in [0, 0.05) is 24.6 Å². The molecule has 5 heteroatoms. The summed E-state index contributed by atoms with van der Waals surface area (Å²) in [5.74, 6) is -0.948. The molecule has 0 bridgehead atoms. The number of hydrogen-bond acceptors (Lipinski definition) is 3. The van der Waals surface area contributed by atoms with Gasteiger partial charge in [0.1, 0.15) is 0 Å². The molecule has 3 N–H and O–H groups in total. The first-order valence-electron chi connectivity index (χ1n) is 6.92. The molecular formula is C15H20N2O3. The first-order chi connectivity index (χ1) is 9.58. The second-order valence-electron chi connectivity index (χ2n) is 5.18. The molecule has 1 heterocycles. The number of nitrogens with one attached hydrogen (secondary N) is 2. The van der Waals surface area contributed by atoms with Gasteiger partial charge in [-0.05, 0) is 43.5 Å². The lowest BCUT2D eigenvalue weighted by Gasteiger charge is -2.21. The number of fused-ring (bicyclic) bond motifs is 1. The van der Waals surface area contributed by atoms with Gasteiger partial charge in [-0.25, -0.2) is 0 Å². The van der Waals surface area contributed by atoms with Crippen molar-refractivity contribution in [1.29, 1.82) is 0 Å². The Morgan fingerprint density at radius 1 is 1.45 bits per heavy atom. The number of carboxylic acids is 1. The number of rotatable bonds is 5. The van der Waals surface area contributed by atoms with E-state index >= 15 is 0 Å². The number of carboxylic acid groups (broad SMARTS) is 1. The fourth-order valence-corrected chi connectivity index (χ4v) is 2.46. The molecule has 0 fully saturated rings. The third kappa shape index (κ3) is 3.57. The molecule has 0 aromatic heterocycles. The molecule has 0 saturated heterocycles. The van der Waals surface area contributed by atoms with E-state index in [9.17, 15) is 9.59 Å². The summed E-state index contributed by atoms with van der Waals surface area (Å²) in [7, 11) is 0. The van der Waals surface area contributed by atoms with Crippen molar-refractivity contribution in [1.82, 2.24) is 10.6 Å². The van der Waals surface area contributed by atoms with E-state index in [0.717, 1.165) is 25.1 Å². The van der Waals surface area contributed by atoms with Crippen molar-refractivity contribution in [3.8, 4) is 0 Å². The fraction of sp³-hybridized carbons (Fsp3) is 0.467.